The van der Waals surface area contributed by atoms with E-state index in [0.717, 1.165) is 30.3 Å². The number of hydrogen-bond acceptors (Lipinski definition) is 7. The van der Waals surface area contributed by atoms with Gasteiger partial charge in [-0.2, -0.15) is 10.1 Å². The summed E-state index contributed by atoms with van der Waals surface area (Å²) in [5, 5.41) is 11.3. The van der Waals surface area contributed by atoms with Crippen LogP contribution in [0.1, 0.15) is 6.92 Å². The van der Waals surface area contributed by atoms with Gasteiger partial charge in [-0.05, 0) is 24.3 Å². The molecular weight excluding hydrogens is 318 g/mol. The summed E-state index contributed by atoms with van der Waals surface area (Å²) in [5.74, 6) is 1.35. The number of amides is 1. The van der Waals surface area contributed by atoms with Crippen LogP contribution in [0.15, 0.2) is 30.5 Å². The SMILES string of the molecule is CC(=O)N1CCN(c2cnnc(Nc3ccc(N(C)C)cc3)n2)CC1. The van der Waals surface area contributed by atoms with Crippen molar-refractivity contribution in [2.45, 2.75) is 6.92 Å². The van der Waals surface area contributed by atoms with Gasteiger partial charge in [0.15, 0.2) is 5.82 Å². The van der Waals surface area contributed by atoms with Crippen molar-refractivity contribution in [3.8, 4) is 0 Å². The van der Waals surface area contributed by atoms with Gasteiger partial charge in [0.05, 0.1) is 6.20 Å². The van der Waals surface area contributed by atoms with Crippen molar-refractivity contribution >= 4 is 29.0 Å². The van der Waals surface area contributed by atoms with Gasteiger partial charge in [0.25, 0.3) is 0 Å². The second kappa shape index (κ2) is 7.33. The summed E-state index contributed by atoms with van der Waals surface area (Å²) in [4.78, 5) is 22.0. The zero-order chi connectivity index (χ0) is 17.8. The van der Waals surface area contributed by atoms with E-state index in [1.165, 1.54) is 0 Å². The molecular formula is C17H23N7O. The molecule has 1 aromatic carbocycles. The average molecular weight is 341 g/mol. The fraction of sp³-hybridized carbons (Fsp3) is 0.412. The van der Waals surface area contributed by atoms with Crippen molar-refractivity contribution in [2.24, 2.45) is 0 Å². The molecule has 8 nitrogen and oxygen atoms in total. The number of nitrogens with one attached hydrogen (secondary N) is 1. The summed E-state index contributed by atoms with van der Waals surface area (Å²) in [6.45, 7) is 4.50. The highest BCUT2D eigenvalue weighted by Gasteiger charge is 2.20. The Morgan fingerprint density at radius 3 is 2.40 bits per heavy atom. The Hall–Kier alpha value is -2.90. The van der Waals surface area contributed by atoms with E-state index in [1.54, 1.807) is 13.1 Å². The highest BCUT2D eigenvalue weighted by atomic mass is 16.2. The lowest BCUT2D eigenvalue weighted by atomic mass is 10.2. The summed E-state index contributed by atoms with van der Waals surface area (Å²) in [6.07, 6.45) is 1.66. The predicted octanol–water partition coefficient (Wildman–Crippen LogP) is 1.35. The van der Waals surface area contributed by atoms with Crippen molar-refractivity contribution in [3.05, 3.63) is 30.5 Å². The van der Waals surface area contributed by atoms with Gasteiger partial charge in [0.2, 0.25) is 11.9 Å². The molecule has 0 unspecified atom stereocenters. The summed E-state index contributed by atoms with van der Waals surface area (Å²) in [6, 6.07) is 8.02. The first kappa shape index (κ1) is 16.9. The van der Waals surface area contributed by atoms with E-state index in [9.17, 15) is 4.79 Å². The van der Waals surface area contributed by atoms with Crippen LogP contribution in [0.2, 0.25) is 0 Å². The molecule has 1 aliphatic heterocycles. The molecule has 0 radical (unpaired) electrons. The number of benzene rings is 1. The average Bonchev–Trinajstić information content (AvgIpc) is 2.62. The summed E-state index contributed by atoms with van der Waals surface area (Å²) in [5.41, 5.74) is 2.03. The highest BCUT2D eigenvalue weighted by molar-refractivity contribution is 5.73. The lowest BCUT2D eigenvalue weighted by Crippen LogP contribution is -2.48. The maximum atomic E-state index is 11.4. The lowest BCUT2D eigenvalue weighted by molar-refractivity contribution is -0.129. The molecule has 1 aromatic heterocycles. The van der Waals surface area contributed by atoms with Crippen LogP contribution < -0.4 is 15.1 Å². The molecule has 8 heteroatoms. The molecule has 0 spiro atoms. The van der Waals surface area contributed by atoms with Crippen LogP contribution in [0.4, 0.5) is 23.1 Å². The molecule has 0 bridgehead atoms. The van der Waals surface area contributed by atoms with Crippen molar-refractivity contribution < 1.29 is 4.79 Å². The van der Waals surface area contributed by atoms with Crippen LogP contribution in [-0.4, -0.2) is 66.3 Å². The fourth-order valence-electron chi connectivity index (χ4n) is 2.72. The van der Waals surface area contributed by atoms with Crippen LogP contribution in [0, 0.1) is 0 Å². The third-order valence-corrected chi connectivity index (χ3v) is 4.23. The van der Waals surface area contributed by atoms with E-state index in [0.29, 0.717) is 19.0 Å². The number of piperazine rings is 1. The molecule has 0 atom stereocenters. The number of carbonyl (C=O) groups excluding carboxylic acids is 1. The molecule has 1 N–H and O–H groups in total. The topological polar surface area (TPSA) is 77.5 Å². The smallest absolute Gasteiger partial charge is 0.249 e. The molecule has 0 saturated carbocycles. The Bertz CT molecular complexity index is 724. The summed E-state index contributed by atoms with van der Waals surface area (Å²) in [7, 11) is 4.01. The van der Waals surface area contributed by atoms with E-state index in [1.807, 2.05) is 48.2 Å². The van der Waals surface area contributed by atoms with Gasteiger partial charge < -0.3 is 20.0 Å². The van der Waals surface area contributed by atoms with Gasteiger partial charge >= 0.3 is 0 Å². The molecule has 132 valence electrons. The zero-order valence-electron chi connectivity index (χ0n) is 14.8. The van der Waals surface area contributed by atoms with E-state index in [4.69, 9.17) is 0 Å². The molecule has 25 heavy (non-hydrogen) atoms. The maximum Gasteiger partial charge on any atom is 0.249 e. The Balaban J connectivity index is 1.66. The van der Waals surface area contributed by atoms with Gasteiger partial charge in [0, 0.05) is 58.6 Å². The van der Waals surface area contributed by atoms with Gasteiger partial charge in [-0.25, -0.2) is 0 Å². The quantitative estimate of drug-likeness (QED) is 0.899. The van der Waals surface area contributed by atoms with Gasteiger partial charge in [-0.3, -0.25) is 4.79 Å². The van der Waals surface area contributed by atoms with Gasteiger partial charge in [-0.15, -0.1) is 5.10 Å². The molecule has 2 aromatic rings. The molecule has 1 aliphatic rings. The Kier molecular flexibility index (Phi) is 4.97. The number of anilines is 4. The van der Waals surface area contributed by atoms with E-state index < -0.39 is 0 Å². The number of aromatic nitrogens is 3. The Labute approximate surface area is 147 Å². The lowest BCUT2D eigenvalue weighted by Gasteiger charge is -2.34. The standard InChI is InChI=1S/C17H23N7O/c1-13(25)23-8-10-24(11-9-23)16-12-18-21-17(20-16)19-14-4-6-15(7-5-14)22(2)3/h4-7,12H,8-11H2,1-3H3,(H,19,20,21). The van der Waals surface area contributed by atoms with Crippen LogP contribution >= 0.6 is 0 Å². The molecule has 1 fully saturated rings. The minimum absolute atomic E-state index is 0.115. The molecule has 2 heterocycles. The minimum Gasteiger partial charge on any atom is -0.378 e. The first-order valence-electron chi connectivity index (χ1n) is 8.27. The third-order valence-electron chi connectivity index (χ3n) is 4.23. The van der Waals surface area contributed by atoms with Crippen LogP contribution in [0.3, 0.4) is 0 Å². The van der Waals surface area contributed by atoms with Crippen molar-refractivity contribution in [2.75, 3.05) is 55.4 Å². The number of nitrogens with zero attached hydrogens (tertiary/aromatic N) is 6. The normalized spacial score (nSPS) is 14.4. The highest BCUT2D eigenvalue weighted by Crippen LogP contribution is 2.19. The van der Waals surface area contributed by atoms with Gasteiger partial charge in [-0.1, -0.05) is 0 Å². The first-order valence-corrected chi connectivity index (χ1v) is 8.27. The second-order valence-electron chi connectivity index (χ2n) is 6.20. The third kappa shape index (κ3) is 4.14. The molecule has 1 amide bonds. The Morgan fingerprint density at radius 1 is 1.12 bits per heavy atom. The number of rotatable bonds is 4. The largest absolute Gasteiger partial charge is 0.378 e. The number of carbonyl (C=O) groups is 1. The molecule has 0 aliphatic carbocycles. The first-order chi connectivity index (χ1) is 12.0. The van der Waals surface area contributed by atoms with E-state index >= 15 is 0 Å². The van der Waals surface area contributed by atoms with Crippen molar-refractivity contribution in [3.63, 3.8) is 0 Å². The van der Waals surface area contributed by atoms with E-state index in [-0.39, 0.29) is 5.91 Å². The summed E-state index contributed by atoms with van der Waals surface area (Å²) < 4.78 is 0. The number of hydrogen-bond donors (Lipinski definition) is 1. The van der Waals surface area contributed by atoms with Crippen molar-refractivity contribution in [1.82, 2.24) is 20.1 Å². The summed E-state index contributed by atoms with van der Waals surface area (Å²) >= 11 is 0. The second-order valence-corrected chi connectivity index (χ2v) is 6.20. The van der Waals surface area contributed by atoms with Crippen LogP contribution in [0.5, 0.6) is 0 Å². The minimum atomic E-state index is 0.115. The fourth-order valence-corrected chi connectivity index (χ4v) is 2.72. The van der Waals surface area contributed by atoms with E-state index in [2.05, 4.69) is 25.4 Å². The zero-order valence-corrected chi connectivity index (χ0v) is 14.8. The predicted molar refractivity (Wildman–Crippen MR) is 98.3 cm³/mol. The Morgan fingerprint density at radius 2 is 1.80 bits per heavy atom. The van der Waals surface area contributed by atoms with Crippen LogP contribution in [-0.2, 0) is 4.79 Å². The van der Waals surface area contributed by atoms with Crippen molar-refractivity contribution in [1.29, 1.82) is 0 Å². The van der Waals surface area contributed by atoms with Crippen LogP contribution in [0.25, 0.3) is 0 Å². The van der Waals surface area contributed by atoms with Gasteiger partial charge in [0.1, 0.15) is 0 Å². The molecule has 3 rings (SSSR count). The monoisotopic (exact) mass is 341 g/mol. The molecule has 1 saturated heterocycles. The maximum absolute atomic E-state index is 11.4.